The third-order valence-electron chi connectivity index (χ3n) is 9.77. The van der Waals surface area contributed by atoms with E-state index in [1.165, 1.54) is 27.6 Å². The van der Waals surface area contributed by atoms with Gasteiger partial charge in [-0.15, -0.1) is 0 Å². The average molecular weight is 619 g/mol. The van der Waals surface area contributed by atoms with Crippen LogP contribution >= 0.6 is 0 Å². The zero-order valence-corrected chi connectivity index (χ0v) is 27.0. The van der Waals surface area contributed by atoms with Crippen molar-refractivity contribution in [1.82, 2.24) is 0 Å². The molecule has 48 heavy (non-hydrogen) atoms. The molecule has 0 N–H and O–H groups in total. The molecule has 0 saturated heterocycles. The van der Waals surface area contributed by atoms with Gasteiger partial charge >= 0.3 is 0 Å². The lowest BCUT2D eigenvalue weighted by Crippen LogP contribution is -2.16. The van der Waals surface area contributed by atoms with Gasteiger partial charge in [-0.1, -0.05) is 111 Å². The van der Waals surface area contributed by atoms with Gasteiger partial charge in [-0.25, -0.2) is 0 Å². The molecule has 0 amide bonds. The van der Waals surface area contributed by atoms with Crippen LogP contribution in [0.25, 0.3) is 33.1 Å². The first-order chi connectivity index (χ1) is 23.6. The highest BCUT2D eigenvalue weighted by molar-refractivity contribution is 6.15. The maximum absolute atomic E-state index is 6.83. The third-order valence-corrected chi connectivity index (χ3v) is 9.77. The van der Waals surface area contributed by atoms with Gasteiger partial charge in [0.25, 0.3) is 0 Å². The van der Waals surface area contributed by atoms with Crippen LogP contribution in [0.3, 0.4) is 0 Å². The van der Waals surface area contributed by atoms with Gasteiger partial charge in [-0.2, -0.15) is 0 Å². The lowest BCUT2D eigenvalue weighted by atomic mass is 9.80. The van der Waals surface area contributed by atoms with Gasteiger partial charge in [0.15, 0.2) is 0 Å². The minimum absolute atomic E-state index is 0.259. The molecule has 0 aliphatic heterocycles. The fourth-order valence-corrected chi connectivity index (χ4v) is 7.69. The molecule has 230 valence electrons. The fourth-order valence-electron chi connectivity index (χ4n) is 7.69. The number of fused-ring (bicyclic) bond motifs is 7. The van der Waals surface area contributed by atoms with Crippen LogP contribution in [-0.2, 0) is 5.41 Å². The van der Waals surface area contributed by atoms with Crippen LogP contribution in [-0.4, -0.2) is 0 Å². The Bertz CT molecular complexity index is 2330. The van der Waals surface area contributed by atoms with Crippen LogP contribution in [0.2, 0.25) is 0 Å². The highest BCUT2D eigenvalue weighted by Crippen LogP contribution is 2.58. The Labute approximate surface area is 280 Å². The Balaban J connectivity index is 1.36. The van der Waals surface area contributed by atoms with Crippen LogP contribution in [0.1, 0.15) is 25.0 Å². The quantitative estimate of drug-likeness (QED) is 0.185. The minimum Gasteiger partial charge on any atom is -0.456 e. The van der Waals surface area contributed by atoms with Crippen molar-refractivity contribution < 1.29 is 4.42 Å². The first-order valence-electron chi connectivity index (χ1n) is 16.5. The molecule has 1 aromatic heterocycles. The monoisotopic (exact) mass is 618 g/mol. The zero-order chi connectivity index (χ0) is 32.2. The molecule has 0 atom stereocenters. The van der Waals surface area contributed by atoms with E-state index in [9.17, 15) is 0 Å². The van der Waals surface area contributed by atoms with Crippen LogP contribution in [0.5, 0.6) is 0 Å². The molecule has 0 spiro atoms. The number of para-hydroxylation sites is 4. The Morgan fingerprint density at radius 3 is 1.52 bits per heavy atom. The largest absolute Gasteiger partial charge is 0.456 e. The lowest BCUT2D eigenvalue weighted by Gasteiger charge is -2.29. The number of rotatable bonds is 6. The number of anilines is 6. The predicted molar refractivity (Wildman–Crippen MR) is 201 cm³/mol. The van der Waals surface area contributed by atoms with Gasteiger partial charge in [0.05, 0.1) is 5.69 Å². The highest BCUT2D eigenvalue weighted by Gasteiger charge is 2.41. The van der Waals surface area contributed by atoms with Crippen molar-refractivity contribution in [3.8, 4) is 11.1 Å². The molecular formula is C45H34N2O. The summed E-state index contributed by atoms with van der Waals surface area (Å²) in [6.45, 7) is 4.72. The highest BCUT2D eigenvalue weighted by atomic mass is 16.3. The van der Waals surface area contributed by atoms with Crippen molar-refractivity contribution in [3.05, 3.63) is 181 Å². The first-order valence-corrected chi connectivity index (χ1v) is 16.5. The van der Waals surface area contributed by atoms with Gasteiger partial charge in [0, 0.05) is 56.3 Å². The molecule has 7 aromatic carbocycles. The van der Waals surface area contributed by atoms with Crippen molar-refractivity contribution in [2.45, 2.75) is 19.3 Å². The molecule has 9 rings (SSSR count). The maximum atomic E-state index is 6.83. The molecule has 8 aromatic rings. The van der Waals surface area contributed by atoms with E-state index < -0.39 is 0 Å². The molecule has 1 aliphatic carbocycles. The summed E-state index contributed by atoms with van der Waals surface area (Å²) in [4.78, 5) is 4.70. The topological polar surface area (TPSA) is 19.6 Å². The molecule has 0 radical (unpaired) electrons. The van der Waals surface area contributed by atoms with Crippen molar-refractivity contribution >= 4 is 56.1 Å². The van der Waals surface area contributed by atoms with Crippen LogP contribution in [0.15, 0.2) is 174 Å². The molecule has 0 fully saturated rings. The van der Waals surface area contributed by atoms with Crippen molar-refractivity contribution in [2.24, 2.45) is 0 Å². The van der Waals surface area contributed by atoms with Gasteiger partial charge in [0.1, 0.15) is 11.2 Å². The molecule has 1 aliphatic rings. The third kappa shape index (κ3) is 4.35. The number of hydrogen-bond acceptors (Lipinski definition) is 3. The standard InChI is InChI=1S/C45H34N2O/c1-45(2)38-26-16-15-25-36(38)42-39(47(33-21-11-5-12-22-33)34-23-13-6-14-24-34)30-41-43(44(42)45)37-29-35(27-28-40(37)48-41)46(31-17-7-3-8-18-31)32-19-9-4-10-20-32/h3-30H,1-2H3. The summed E-state index contributed by atoms with van der Waals surface area (Å²) in [5, 5.41) is 2.29. The zero-order valence-electron chi connectivity index (χ0n) is 27.0. The van der Waals surface area contributed by atoms with Crippen LogP contribution < -0.4 is 9.80 Å². The lowest BCUT2D eigenvalue weighted by molar-refractivity contribution is 0.657. The molecular weight excluding hydrogens is 585 g/mol. The number of furan rings is 1. The summed E-state index contributed by atoms with van der Waals surface area (Å²) >= 11 is 0. The van der Waals surface area contributed by atoms with Crippen molar-refractivity contribution in [3.63, 3.8) is 0 Å². The van der Waals surface area contributed by atoms with E-state index in [-0.39, 0.29) is 5.41 Å². The summed E-state index contributed by atoms with van der Waals surface area (Å²) < 4.78 is 6.83. The second kappa shape index (κ2) is 11.0. The fraction of sp³-hybridized carbons (Fsp3) is 0.0667. The van der Waals surface area contributed by atoms with E-state index in [1.54, 1.807) is 0 Å². The van der Waals surface area contributed by atoms with E-state index in [4.69, 9.17) is 4.42 Å². The Kier molecular flexibility index (Phi) is 6.48. The number of benzene rings is 7. The van der Waals surface area contributed by atoms with E-state index in [0.717, 1.165) is 50.7 Å². The van der Waals surface area contributed by atoms with Crippen LogP contribution in [0.4, 0.5) is 34.1 Å². The van der Waals surface area contributed by atoms with Gasteiger partial charge in [-0.3, -0.25) is 0 Å². The minimum atomic E-state index is -0.259. The summed E-state index contributed by atoms with van der Waals surface area (Å²) in [5.74, 6) is 0. The molecule has 0 bridgehead atoms. The molecule has 3 nitrogen and oxygen atoms in total. The van der Waals surface area contributed by atoms with Gasteiger partial charge < -0.3 is 14.2 Å². The van der Waals surface area contributed by atoms with Gasteiger partial charge in [-0.05, 0) is 83.4 Å². The summed E-state index contributed by atoms with van der Waals surface area (Å²) in [6.07, 6.45) is 0. The second-order valence-electron chi connectivity index (χ2n) is 13.0. The summed E-state index contributed by atoms with van der Waals surface area (Å²) in [5.41, 5.74) is 13.3. The Morgan fingerprint density at radius 1 is 0.458 bits per heavy atom. The second-order valence-corrected chi connectivity index (χ2v) is 13.0. The SMILES string of the molecule is CC1(C)c2ccccc2-c2c(N(c3ccccc3)c3ccccc3)cc3oc4ccc(N(c5ccccc5)c5ccccc5)cc4c3c21. The number of hydrogen-bond donors (Lipinski definition) is 0. The van der Waals surface area contributed by atoms with E-state index >= 15 is 0 Å². The summed E-state index contributed by atoms with van der Waals surface area (Å²) in [7, 11) is 0. The Hall–Kier alpha value is -6.06. The van der Waals surface area contributed by atoms with Crippen molar-refractivity contribution in [2.75, 3.05) is 9.80 Å². The van der Waals surface area contributed by atoms with E-state index in [2.05, 4.69) is 194 Å². The van der Waals surface area contributed by atoms with E-state index in [0.29, 0.717) is 0 Å². The normalized spacial score (nSPS) is 13.0. The molecule has 1 heterocycles. The maximum Gasteiger partial charge on any atom is 0.137 e. The Morgan fingerprint density at radius 2 is 0.958 bits per heavy atom. The molecule has 0 saturated carbocycles. The van der Waals surface area contributed by atoms with E-state index in [1.807, 2.05) is 0 Å². The van der Waals surface area contributed by atoms with Crippen molar-refractivity contribution in [1.29, 1.82) is 0 Å². The summed E-state index contributed by atoms with van der Waals surface area (Å²) in [6, 6.07) is 60.2. The van der Waals surface area contributed by atoms with Crippen LogP contribution in [0, 0.1) is 0 Å². The smallest absolute Gasteiger partial charge is 0.137 e. The molecule has 3 heteroatoms. The molecule has 0 unspecified atom stereocenters. The van der Waals surface area contributed by atoms with Gasteiger partial charge in [0.2, 0.25) is 0 Å². The first kappa shape index (κ1) is 28.2. The predicted octanol–water partition coefficient (Wildman–Crippen LogP) is 12.8. The number of nitrogens with zero attached hydrogens (tertiary/aromatic N) is 2. The average Bonchev–Trinajstić information content (AvgIpc) is 3.61.